The standard InChI is InChI=1S/C7H12N4O2S/c1-8-3-4-14-7-9-5(12)6(13)10-11(7)2/h8H,3-4H2,1-2H3,(H,10,13). The summed E-state index contributed by atoms with van der Waals surface area (Å²) in [5.41, 5.74) is -1.43. The quantitative estimate of drug-likeness (QED) is 0.375. The maximum absolute atomic E-state index is 10.9. The number of aryl methyl sites for hydroxylation is 1. The predicted molar refractivity (Wildman–Crippen MR) is 54.7 cm³/mol. The van der Waals surface area contributed by atoms with Gasteiger partial charge in [0.1, 0.15) is 0 Å². The summed E-state index contributed by atoms with van der Waals surface area (Å²) in [5, 5.41) is 5.87. The minimum absolute atomic E-state index is 0.518. The Morgan fingerprint density at radius 3 is 2.93 bits per heavy atom. The van der Waals surface area contributed by atoms with Crippen molar-refractivity contribution in [1.82, 2.24) is 20.1 Å². The van der Waals surface area contributed by atoms with Gasteiger partial charge in [-0.25, -0.2) is 0 Å². The second-order valence-corrected chi connectivity index (χ2v) is 3.71. The molecule has 0 saturated carbocycles. The number of thioether (sulfide) groups is 1. The van der Waals surface area contributed by atoms with Crippen LogP contribution in [0.3, 0.4) is 0 Å². The van der Waals surface area contributed by atoms with Crippen molar-refractivity contribution in [1.29, 1.82) is 0 Å². The van der Waals surface area contributed by atoms with E-state index in [1.165, 1.54) is 16.4 Å². The van der Waals surface area contributed by atoms with Gasteiger partial charge in [0.15, 0.2) is 5.16 Å². The summed E-state index contributed by atoms with van der Waals surface area (Å²) in [5.74, 6) is 0.794. The van der Waals surface area contributed by atoms with Crippen molar-refractivity contribution in [3.05, 3.63) is 20.7 Å². The van der Waals surface area contributed by atoms with E-state index in [2.05, 4.69) is 15.4 Å². The fourth-order valence-electron chi connectivity index (χ4n) is 0.834. The SMILES string of the molecule is CNCCSc1nc(=O)c(=O)[nH]n1C. The highest BCUT2D eigenvalue weighted by Gasteiger charge is 2.03. The third-order valence-electron chi connectivity index (χ3n) is 1.53. The summed E-state index contributed by atoms with van der Waals surface area (Å²) in [6.07, 6.45) is 0. The van der Waals surface area contributed by atoms with Crippen LogP contribution in [0.2, 0.25) is 0 Å². The third-order valence-corrected chi connectivity index (χ3v) is 2.56. The Morgan fingerprint density at radius 1 is 1.57 bits per heavy atom. The minimum atomic E-state index is -0.741. The van der Waals surface area contributed by atoms with Gasteiger partial charge in [-0.2, -0.15) is 4.98 Å². The average molecular weight is 216 g/mol. The number of H-pyrrole nitrogens is 1. The highest BCUT2D eigenvalue weighted by molar-refractivity contribution is 7.99. The van der Waals surface area contributed by atoms with Crippen LogP contribution >= 0.6 is 11.8 Å². The molecule has 2 N–H and O–H groups in total. The molecule has 0 atom stereocenters. The van der Waals surface area contributed by atoms with Crippen LogP contribution in [0, 0.1) is 0 Å². The summed E-state index contributed by atoms with van der Waals surface area (Å²) in [6.45, 7) is 0.819. The van der Waals surface area contributed by atoms with Crippen molar-refractivity contribution in [3.63, 3.8) is 0 Å². The van der Waals surface area contributed by atoms with E-state index < -0.39 is 11.1 Å². The van der Waals surface area contributed by atoms with E-state index in [1.807, 2.05) is 7.05 Å². The van der Waals surface area contributed by atoms with Gasteiger partial charge >= 0.3 is 11.1 Å². The summed E-state index contributed by atoms with van der Waals surface area (Å²) in [6, 6.07) is 0. The average Bonchev–Trinajstić information content (AvgIpc) is 2.14. The van der Waals surface area contributed by atoms with Crippen LogP contribution < -0.4 is 16.4 Å². The van der Waals surface area contributed by atoms with E-state index in [1.54, 1.807) is 7.05 Å². The molecule has 1 rings (SSSR count). The Kier molecular flexibility index (Phi) is 3.90. The van der Waals surface area contributed by atoms with Crippen molar-refractivity contribution in [2.45, 2.75) is 5.16 Å². The van der Waals surface area contributed by atoms with Crippen molar-refractivity contribution in [2.75, 3.05) is 19.3 Å². The fourth-order valence-corrected chi connectivity index (χ4v) is 1.71. The molecule has 1 heterocycles. The first-order chi connectivity index (χ1) is 6.65. The number of nitrogens with one attached hydrogen (secondary N) is 2. The van der Waals surface area contributed by atoms with Crippen LogP contribution in [0.1, 0.15) is 0 Å². The number of nitrogens with zero attached hydrogens (tertiary/aromatic N) is 2. The van der Waals surface area contributed by atoms with Crippen molar-refractivity contribution in [3.8, 4) is 0 Å². The maximum atomic E-state index is 10.9. The van der Waals surface area contributed by atoms with Crippen LogP contribution in [0.15, 0.2) is 14.7 Å². The molecule has 0 saturated heterocycles. The van der Waals surface area contributed by atoms with Crippen LogP contribution in [0.4, 0.5) is 0 Å². The van der Waals surface area contributed by atoms with E-state index in [0.717, 1.165) is 12.3 Å². The molecule has 0 aliphatic carbocycles. The molecule has 0 bridgehead atoms. The summed E-state index contributed by atoms with van der Waals surface area (Å²) >= 11 is 1.41. The van der Waals surface area contributed by atoms with Crippen molar-refractivity contribution >= 4 is 11.8 Å². The molecule has 0 aliphatic rings. The first kappa shape index (κ1) is 11.0. The van der Waals surface area contributed by atoms with Gasteiger partial charge in [-0.3, -0.25) is 19.4 Å². The van der Waals surface area contributed by atoms with Crippen molar-refractivity contribution < 1.29 is 0 Å². The largest absolute Gasteiger partial charge is 0.339 e. The number of hydrogen-bond acceptors (Lipinski definition) is 5. The zero-order valence-electron chi connectivity index (χ0n) is 8.03. The number of aromatic amines is 1. The first-order valence-corrected chi connectivity index (χ1v) is 5.08. The Labute approximate surface area is 84.7 Å². The zero-order chi connectivity index (χ0) is 10.6. The van der Waals surface area contributed by atoms with Gasteiger partial charge in [-0.15, -0.1) is 0 Å². The monoisotopic (exact) mass is 216 g/mol. The lowest BCUT2D eigenvalue weighted by Crippen LogP contribution is -2.34. The van der Waals surface area contributed by atoms with E-state index in [-0.39, 0.29) is 0 Å². The Balaban J connectivity index is 2.82. The highest BCUT2D eigenvalue weighted by Crippen LogP contribution is 2.09. The van der Waals surface area contributed by atoms with Gasteiger partial charge in [0.05, 0.1) is 0 Å². The molecule has 14 heavy (non-hydrogen) atoms. The topological polar surface area (TPSA) is 79.8 Å². The second kappa shape index (κ2) is 4.97. The van der Waals surface area contributed by atoms with Crippen molar-refractivity contribution in [2.24, 2.45) is 7.05 Å². The number of aromatic nitrogens is 3. The lowest BCUT2D eigenvalue weighted by atomic mass is 10.8. The van der Waals surface area contributed by atoms with E-state index in [0.29, 0.717) is 5.16 Å². The molecule has 0 fully saturated rings. The van der Waals surface area contributed by atoms with E-state index >= 15 is 0 Å². The van der Waals surface area contributed by atoms with Gasteiger partial charge in [0.25, 0.3) is 0 Å². The Hall–Kier alpha value is -1.08. The Morgan fingerprint density at radius 2 is 2.29 bits per heavy atom. The lowest BCUT2D eigenvalue weighted by Gasteiger charge is -2.04. The molecular formula is C7H12N4O2S. The first-order valence-electron chi connectivity index (χ1n) is 4.10. The zero-order valence-corrected chi connectivity index (χ0v) is 8.85. The van der Waals surface area contributed by atoms with Gasteiger partial charge in [0.2, 0.25) is 0 Å². The molecule has 6 nitrogen and oxygen atoms in total. The molecule has 0 radical (unpaired) electrons. The molecule has 1 aromatic rings. The molecule has 0 spiro atoms. The van der Waals surface area contributed by atoms with Gasteiger partial charge < -0.3 is 5.32 Å². The minimum Gasteiger partial charge on any atom is -0.319 e. The van der Waals surface area contributed by atoms with E-state index in [9.17, 15) is 9.59 Å². The van der Waals surface area contributed by atoms with Crippen LogP contribution in [-0.2, 0) is 7.05 Å². The van der Waals surface area contributed by atoms with Gasteiger partial charge in [-0.05, 0) is 7.05 Å². The summed E-state index contributed by atoms with van der Waals surface area (Å²) in [7, 11) is 3.50. The molecule has 0 amide bonds. The number of hydrogen-bond donors (Lipinski definition) is 2. The van der Waals surface area contributed by atoms with Gasteiger partial charge in [0, 0.05) is 19.3 Å². The molecule has 0 aromatic carbocycles. The molecule has 7 heteroatoms. The second-order valence-electron chi connectivity index (χ2n) is 2.65. The molecule has 78 valence electrons. The molecular weight excluding hydrogens is 204 g/mol. The fraction of sp³-hybridized carbons (Fsp3) is 0.571. The number of rotatable bonds is 4. The van der Waals surface area contributed by atoms with Crippen LogP contribution in [0.5, 0.6) is 0 Å². The highest BCUT2D eigenvalue weighted by atomic mass is 32.2. The summed E-state index contributed by atoms with van der Waals surface area (Å²) in [4.78, 5) is 25.4. The van der Waals surface area contributed by atoms with Crippen LogP contribution in [0.25, 0.3) is 0 Å². The van der Waals surface area contributed by atoms with E-state index in [4.69, 9.17) is 0 Å². The van der Waals surface area contributed by atoms with Gasteiger partial charge in [-0.1, -0.05) is 11.8 Å². The third kappa shape index (κ3) is 2.71. The smallest absolute Gasteiger partial charge is 0.319 e. The molecule has 1 aromatic heterocycles. The predicted octanol–water partition coefficient (Wildman–Crippen LogP) is -1.22. The molecule has 0 unspecified atom stereocenters. The molecule has 0 aliphatic heterocycles. The van der Waals surface area contributed by atoms with Crippen LogP contribution in [-0.4, -0.2) is 34.1 Å². The Bertz CT molecular complexity index is 411. The normalized spacial score (nSPS) is 10.4. The summed E-state index contributed by atoms with van der Waals surface area (Å²) < 4.78 is 1.45. The lowest BCUT2D eigenvalue weighted by molar-refractivity contribution is 0.596. The maximum Gasteiger partial charge on any atom is 0.339 e.